The number of hydrogen-bond acceptors (Lipinski definition) is 4. The molecule has 5 nitrogen and oxygen atoms in total. The molecule has 15 heavy (non-hydrogen) atoms. The van der Waals surface area contributed by atoms with Crippen molar-refractivity contribution in [1.29, 1.82) is 0 Å². The molecule has 0 radical (unpaired) electrons. The second kappa shape index (κ2) is 4.44. The van der Waals surface area contributed by atoms with E-state index in [-0.39, 0.29) is 0 Å². The van der Waals surface area contributed by atoms with E-state index in [9.17, 15) is 4.79 Å². The summed E-state index contributed by atoms with van der Waals surface area (Å²) in [4.78, 5) is 18.2. The summed E-state index contributed by atoms with van der Waals surface area (Å²) in [7, 11) is 0. The van der Waals surface area contributed by atoms with Gasteiger partial charge in [0.2, 0.25) is 0 Å². The van der Waals surface area contributed by atoms with Crippen LogP contribution in [-0.2, 0) is 16.0 Å². The van der Waals surface area contributed by atoms with Crippen LogP contribution in [0.5, 0.6) is 0 Å². The van der Waals surface area contributed by atoms with Gasteiger partial charge in [0, 0.05) is 18.3 Å². The monoisotopic (exact) mass is 211 g/mol. The summed E-state index contributed by atoms with van der Waals surface area (Å²) >= 11 is 0. The SMILES string of the molecule is CC(C)(C)OC(=O)[C@H](N)Cc1cnc[nH]1. The highest BCUT2D eigenvalue weighted by Crippen LogP contribution is 2.09. The van der Waals surface area contributed by atoms with E-state index >= 15 is 0 Å². The third-order valence-corrected chi connectivity index (χ3v) is 1.70. The first kappa shape index (κ1) is 11.7. The predicted octanol–water partition coefficient (Wildman–Crippen LogP) is 0.621. The highest BCUT2D eigenvalue weighted by atomic mass is 16.6. The number of aromatic nitrogens is 2. The summed E-state index contributed by atoms with van der Waals surface area (Å²) in [5, 5.41) is 0. The molecular formula is C10H17N3O2. The molecule has 0 amide bonds. The summed E-state index contributed by atoms with van der Waals surface area (Å²) in [6, 6.07) is -0.648. The van der Waals surface area contributed by atoms with Gasteiger partial charge < -0.3 is 15.5 Å². The second-order valence-electron chi connectivity index (χ2n) is 4.42. The number of nitrogens with one attached hydrogen (secondary N) is 1. The Kier molecular flexibility index (Phi) is 3.47. The molecule has 1 atom stereocenters. The Morgan fingerprint density at radius 3 is 2.80 bits per heavy atom. The minimum Gasteiger partial charge on any atom is -0.459 e. The van der Waals surface area contributed by atoms with Crippen LogP contribution >= 0.6 is 0 Å². The zero-order valence-electron chi connectivity index (χ0n) is 9.28. The first-order valence-corrected chi connectivity index (χ1v) is 4.84. The van der Waals surface area contributed by atoms with E-state index in [0.29, 0.717) is 6.42 Å². The fraction of sp³-hybridized carbons (Fsp3) is 0.600. The van der Waals surface area contributed by atoms with E-state index in [2.05, 4.69) is 9.97 Å². The molecule has 0 aliphatic rings. The molecule has 0 bridgehead atoms. The number of hydrogen-bond donors (Lipinski definition) is 2. The van der Waals surface area contributed by atoms with Crippen molar-refractivity contribution in [3.05, 3.63) is 18.2 Å². The van der Waals surface area contributed by atoms with E-state index in [1.54, 1.807) is 12.5 Å². The van der Waals surface area contributed by atoms with Gasteiger partial charge in [0.15, 0.2) is 0 Å². The molecular weight excluding hydrogens is 194 g/mol. The average molecular weight is 211 g/mol. The van der Waals surface area contributed by atoms with Crippen LogP contribution in [0.2, 0.25) is 0 Å². The molecule has 3 N–H and O–H groups in total. The van der Waals surface area contributed by atoms with Crippen molar-refractivity contribution in [3.8, 4) is 0 Å². The maximum absolute atomic E-state index is 11.5. The Morgan fingerprint density at radius 1 is 1.67 bits per heavy atom. The maximum Gasteiger partial charge on any atom is 0.323 e. The van der Waals surface area contributed by atoms with Gasteiger partial charge in [-0.3, -0.25) is 4.79 Å². The minimum absolute atomic E-state index is 0.392. The molecule has 1 heterocycles. The number of H-pyrrole nitrogens is 1. The highest BCUT2D eigenvalue weighted by molar-refractivity contribution is 5.76. The third kappa shape index (κ3) is 4.12. The van der Waals surface area contributed by atoms with E-state index in [1.807, 2.05) is 20.8 Å². The molecule has 0 aromatic carbocycles. The number of aromatic amines is 1. The topological polar surface area (TPSA) is 81.0 Å². The van der Waals surface area contributed by atoms with Crippen LogP contribution in [-0.4, -0.2) is 27.6 Å². The molecule has 0 unspecified atom stereocenters. The molecule has 0 spiro atoms. The van der Waals surface area contributed by atoms with Crippen molar-refractivity contribution in [2.24, 2.45) is 5.73 Å². The van der Waals surface area contributed by atoms with Gasteiger partial charge in [-0.1, -0.05) is 0 Å². The quantitative estimate of drug-likeness (QED) is 0.718. The van der Waals surface area contributed by atoms with Crippen LogP contribution in [0.15, 0.2) is 12.5 Å². The number of carbonyl (C=O) groups excluding carboxylic acids is 1. The Morgan fingerprint density at radius 2 is 2.33 bits per heavy atom. The number of nitrogens with zero attached hydrogens (tertiary/aromatic N) is 1. The van der Waals surface area contributed by atoms with Crippen molar-refractivity contribution in [1.82, 2.24) is 9.97 Å². The van der Waals surface area contributed by atoms with Gasteiger partial charge in [-0.2, -0.15) is 0 Å². The van der Waals surface area contributed by atoms with E-state index < -0.39 is 17.6 Å². The van der Waals surface area contributed by atoms with Gasteiger partial charge >= 0.3 is 5.97 Å². The fourth-order valence-corrected chi connectivity index (χ4v) is 1.09. The molecule has 0 saturated heterocycles. The van der Waals surface area contributed by atoms with Crippen LogP contribution in [0, 0.1) is 0 Å². The fourth-order valence-electron chi connectivity index (χ4n) is 1.09. The molecule has 0 saturated carbocycles. The van der Waals surface area contributed by atoms with Gasteiger partial charge in [-0.15, -0.1) is 0 Å². The highest BCUT2D eigenvalue weighted by Gasteiger charge is 2.22. The molecule has 0 aliphatic carbocycles. The zero-order chi connectivity index (χ0) is 11.5. The Bertz CT molecular complexity index is 314. The van der Waals surface area contributed by atoms with Crippen LogP contribution in [0.4, 0.5) is 0 Å². The average Bonchev–Trinajstić information content (AvgIpc) is 2.53. The van der Waals surface area contributed by atoms with Gasteiger partial charge in [0.1, 0.15) is 11.6 Å². The standard InChI is InChI=1S/C10H17N3O2/c1-10(2,3)15-9(14)8(11)4-7-5-12-6-13-7/h5-6,8H,4,11H2,1-3H3,(H,12,13)/t8-/m1/s1. The normalized spacial score (nSPS) is 13.6. The van der Waals surface area contributed by atoms with Crippen LogP contribution in [0.1, 0.15) is 26.5 Å². The first-order chi connectivity index (χ1) is 6.88. The van der Waals surface area contributed by atoms with Crippen LogP contribution < -0.4 is 5.73 Å². The molecule has 5 heteroatoms. The number of imidazole rings is 1. The summed E-state index contributed by atoms with van der Waals surface area (Å²) in [6.07, 6.45) is 3.61. The maximum atomic E-state index is 11.5. The summed E-state index contributed by atoms with van der Waals surface area (Å²) in [5.41, 5.74) is 6.02. The van der Waals surface area contributed by atoms with Crippen molar-refractivity contribution >= 4 is 5.97 Å². The van der Waals surface area contributed by atoms with Gasteiger partial charge in [0.05, 0.1) is 6.33 Å². The van der Waals surface area contributed by atoms with Gasteiger partial charge in [0.25, 0.3) is 0 Å². The summed E-state index contributed by atoms with van der Waals surface area (Å²) < 4.78 is 5.15. The Labute approximate surface area is 89.0 Å². The largest absolute Gasteiger partial charge is 0.459 e. The van der Waals surface area contributed by atoms with Crippen LogP contribution in [0.25, 0.3) is 0 Å². The van der Waals surface area contributed by atoms with Gasteiger partial charge in [-0.25, -0.2) is 4.98 Å². The lowest BCUT2D eigenvalue weighted by Gasteiger charge is -2.21. The lowest BCUT2D eigenvalue weighted by atomic mass is 10.1. The first-order valence-electron chi connectivity index (χ1n) is 4.84. The van der Waals surface area contributed by atoms with Crippen molar-refractivity contribution in [3.63, 3.8) is 0 Å². The Hall–Kier alpha value is -1.36. The lowest BCUT2D eigenvalue weighted by Crippen LogP contribution is -2.38. The molecule has 0 fully saturated rings. The molecule has 1 aromatic rings. The third-order valence-electron chi connectivity index (χ3n) is 1.70. The number of nitrogens with two attached hydrogens (primary N) is 1. The number of rotatable bonds is 3. The molecule has 1 aromatic heterocycles. The predicted molar refractivity (Wildman–Crippen MR) is 56.1 cm³/mol. The van der Waals surface area contributed by atoms with Crippen LogP contribution in [0.3, 0.4) is 0 Å². The minimum atomic E-state index is -0.648. The smallest absolute Gasteiger partial charge is 0.323 e. The number of esters is 1. The molecule has 84 valence electrons. The van der Waals surface area contributed by atoms with Crippen molar-refractivity contribution in [2.75, 3.05) is 0 Å². The van der Waals surface area contributed by atoms with Crippen molar-refractivity contribution < 1.29 is 9.53 Å². The van der Waals surface area contributed by atoms with E-state index in [4.69, 9.17) is 10.5 Å². The second-order valence-corrected chi connectivity index (χ2v) is 4.42. The number of ether oxygens (including phenoxy) is 1. The Balaban J connectivity index is 2.47. The van der Waals surface area contributed by atoms with Crippen molar-refractivity contribution in [2.45, 2.75) is 38.8 Å². The molecule has 1 rings (SSSR count). The lowest BCUT2D eigenvalue weighted by molar-refractivity contribution is -0.156. The summed E-state index contributed by atoms with van der Waals surface area (Å²) in [6.45, 7) is 5.44. The van der Waals surface area contributed by atoms with E-state index in [1.165, 1.54) is 0 Å². The summed E-state index contributed by atoms with van der Waals surface area (Å²) in [5.74, 6) is -0.392. The molecule has 0 aliphatic heterocycles. The number of carbonyl (C=O) groups is 1. The van der Waals surface area contributed by atoms with Gasteiger partial charge in [-0.05, 0) is 20.8 Å². The van der Waals surface area contributed by atoms with E-state index in [0.717, 1.165) is 5.69 Å². The zero-order valence-corrected chi connectivity index (χ0v) is 9.28.